The molecule has 0 aliphatic carbocycles. The van der Waals surface area contributed by atoms with Gasteiger partial charge in [0.25, 0.3) is 0 Å². The van der Waals surface area contributed by atoms with Gasteiger partial charge in [0.05, 0.1) is 13.2 Å². The van der Waals surface area contributed by atoms with Crippen LogP contribution in [0.5, 0.6) is 0 Å². The molecular formula is C12H20O8. The number of hydrogen-bond donors (Lipinski definition) is 0. The minimum Gasteiger partial charge on any atom is -0.466 e. The van der Waals surface area contributed by atoms with E-state index >= 15 is 0 Å². The number of carbonyl (C=O) groups is 2. The molecule has 0 bridgehead atoms. The summed E-state index contributed by atoms with van der Waals surface area (Å²) in [5.74, 6) is -3.90. The van der Waals surface area contributed by atoms with Gasteiger partial charge >= 0.3 is 11.9 Å². The van der Waals surface area contributed by atoms with Crippen LogP contribution in [0.1, 0.15) is 40.5 Å². The highest BCUT2D eigenvalue weighted by atomic mass is 17.4. The monoisotopic (exact) mass is 292 g/mol. The number of rotatable bonds is 6. The number of esters is 2. The van der Waals surface area contributed by atoms with Crippen molar-refractivity contribution in [3.05, 3.63) is 0 Å². The Morgan fingerprint density at radius 3 is 1.35 bits per heavy atom. The fraction of sp³-hybridized carbons (Fsp3) is 0.833. The molecule has 1 fully saturated rings. The van der Waals surface area contributed by atoms with E-state index in [0.717, 1.165) is 0 Å². The van der Waals surface area contributed by atoms with Crippen molar-refractivity contribution in [2.24, 2.45) is 0 Å². The van der Waals surface area contributed by atoms with Crippen LogP contribution in [-0.4, -0.2) is 36.7 Å². The molecule has 8 heteroatoms. The van der Waals surface area contributed by atoms with Crippen LogP contribution < -0.4 is 0 Å². The van der Waals surface area contributed by atoms with E-state index in [1.54, 1.807) is 13.8 Å². The zero-order valence-corrected chi connectivity index (χ0v) is 12.1. The van der Waals surface area contributed by atoms with E-state index in [0.29, 0.717) is 0 Å². The van der Waals surface area contributed by atoms with Gasteiger partial charge in [0.15, 0.2) is 0 Å². The minimum absolute atomic E-state index is 0.212. The lowest BCUT2D eigenvalue weighted by Gasteiger charge is -2.38. The van der Waals surface area contributed by atoms with Gasteiger partial charge in [-0.1, -0.05) is 0 Å². The summed E-state index contributed by atoms with van der Waals surface area (Å²) in [6.45, 7) is 6.77. The van der Waals surface area contributed by atoms with Crippen molar-refractivity contribution in [2.75, 3.05) is 13.2 Å². The van der Waals surface area contributed by atoms with E-state index in [1.807, 2.05) is 0 Å². The first-order valence-corrected chi connectivity index (χ1v) is 6.37. The van der Waals surface area contributed by atoms with Crippen LogP contribution in [-0.2, 0) is 38.6 Å². The Kier molecular flexibility index (Phi) is 5.88. The van der Waals surface area contributed by atoms with Crippen LogP contribution >= 0.6 is 0 Å². The third kappa shape index (κ3) is 5.04. The molecule has 0 spiro atoms. The summed E-state index contributed by atoms with van der Waals surface area (Å²) in [4.78, 5) is 42.8. The molecule has 8 nitrogen and oxygen atoms in total. The van der Waals surface area contributed by atoms with Gasteiger partial charge in [0, 0.05) is 0 Å². The van der Waals surface area contributed by atoms with Gasteiger partial charge < -0.3 is 9.47 Å². The fourth-order valence-corrected chi connectivity index (χ4v) is 1.45. The Morgan fingerprint density at radius 2 is 1.10 bits per heavy atom. The molecule has 0 atom stereocenters. The van der Waals surface area contributed by atoms with E-state index in [2.05, 4.69) is 0 Å². The summed E-state index contributed by atoms with van der Waals surface area (Å²) in [7, 11) is 0. The first-order valence-electron chi connectivity index (χ1n) is 6.37. The van der Waals surface area contributed by atoms with Crippen LogP contribution in [0.25, 0.3) is 0 Å². The molecule has 1 aliphatic heterocycles. The molecule has 0 amide bonds. The van der Waals surface area contributed by atoms with Gasteiger partial charge in [0.2, 0.25) is 11.6 Å². The molecule has 0 aromatic carbocycles. The third-order valence-corrected chi connectivity index (χ3v) is 2.33. The minimum atomic E-state index is -1.43. The van der Waals surface area contributed by atoms with Crippen molar-refractivity contribution in [3.8, 4) is 0 Å². The number of carbonyl (C=O) groups excluding carboxylic acids is 2. The predicted octanol–water partition coefficient (Wildman–Crippen LogP) is 1.24. The Labute approximate surface area is 117 Å². The molecule has 116 valence electrons. The van der Waals surface area contributed by atoms with Crippen molar-refractivity contribution in [1.29, 1.82) is 0 Å². The second-order valence-corrected chi connectivity index (χ2v) is 4.56. The van der Waals surface area contributed by atoms with Crippen molar-refractivity contribution < 1.29 is 38.6 Å². The molecule has 1 heterocycles. The second-order valence-electron chi connectivity index (χ2n) is 4.56. The van der Waals surface area contributed by atoms with Crippen molar-refractivity contribution in [3.63, 3.8) is 0 Å². The fourth-order valence-electron chi connectivity index (χ4n) is 1.45. The molecular weight excluding hydrogens is 272 g/mol. The maximum Gasteiger partial charge on any atom is 0.311 e. The van der Waals surface area contributed by atoms with Gasteiger partial charge in [-0.2, -0.15) is 19.6 Å². The van der Waals surface area contributed by atoms with Crippen LogP contribution in [0.2, 0.25) is 0 Å². The Hall–Kier alpha value is -1.22. The van der Waals surface area contributed by atoms with E-state index in [4.69, 9.17) is 29.0 Å². The first-order chi connectivity index (χ1) is 9.32. The van der Waals surface area contributed by atoms with Crippen LogP contribution in [0, 0.1) is 0 Å². The van der Waals surface area contributed by atoms with E-state index in [1.165, 1.54) is 13.8 Å². The standard InChI is InChI=1S/C12H20O8/c1-5-15-9(13)7-11(3)17-19-12(4,20-18-11)8-10(14)16-6-2/h5-8H2,1-4H3. The van der Waals surface area contributed by atoms with Gasteiger partial charge in [-0.15, -0.1) is 0 Å². The summed E-state index contributed by atoms with van der Waals surface area (Å²) < 4.78 is 9.55. The van der Waals surface area contributed by atoms with Gasteiger partial charge in [-0.25, -0.2) is 0 Å². The largest absolute Gasteiger partial charge is 0.466 e. The van der Waals surface area contributed by atoms with Gasteiger partial charge in [-0.3, -0.25) is 9.59 Å². The van der Waals surface area contributed by atoms with Crippen molar-refractivity contribution >= 4 is 11.9 Å². The van der Waals surface area contributed by atoms with E-state index in [-0.39, 0.29) is 26.1 Å². The molecule has 0 aromatic heterocycles. The lowest BCUT2D eigenvalue weighted by molar-refractivity contribution is -0.649. The van der Waals surface area contributed by atoms with E-state index in [9.17, 15) is 9.59 Å². The highest BCUT2D eigenvalue weighted by molar-refractivity contribution is 5.70. The van der Waals surface area contributed by atoms with Gasteiger partial charge in [0.1, 0.15) is 12.8 Å². The lowest BCUT2D eigenvalue weighted by atomic mass is 10.2. The normalized spacial score (nSPS) is 29.8. The Bertz CT molecular complexity index is 311. The summed E-state index contributed by atoms with van der Waals surface area (Å²) in [5, 5.41) is 0. The van der Waals surface area contributed by atoms with Crippen LogP contribution in [0.4, 0.5) is 0 Å². The predicted molar refractivity (Wildman–Crippen MR) is 63.7 cm³/mol. The quantitative estimate of drug-likeness (QED) is 0.533. The summed E-state index contributed by atoms with van der Waals surface area (Å²) >= 11 is 0. The Balaban J connectivity index is 2.48. The molecule has 1 aliphatic rings. The third-order valence-electron chi connectivity index (χ3n) is 2.33. The molecule has 1 saturated heterocycles. The summed E-state index contributed by atoms with van der Waals surface area (Å²) in [5.41, 5.74) is 0. The molecule has 0 radical (unpaired) electrons. The smallest absolute Gasteiger partial charge is 0.311 e. The second kappa shape index (κ2) is 6.98. The average molecular weight is 292 g/mol. The maximum atomic E-state index is 11.4. The average Bonchev–Trinajstić information content (AvgIpc) is 2.34. The molecule has 0 saturated carbocycles. The zero-order chi connectivity index (χ0) is 15.2. The SMILES string of the molecule is CCOC(=O)CC1(C)OOC(C)(CC(=O)OCC)OO1. The topological polar surface area (TPSA) is 89.5 Å². The Morgan fingerprint density at radius 1 is 0.800 bits per heavy atom. The van der Waals surface area contributed by atoms with Crippen molar-refractivity contribution in [1.82, 2.24) is 0 Å². The highest BCUT2D eigenvalue weighted by Crippen LogP contribution is 2.32. The molecule has 0 unspecified atom stereocenters. The van der Waals surface area contributed by atoms with Gasteiger partial charge in [-0.05, 0) is 27.7 Å². The number of ether oxygens (including phenoxy) is 2. The molecule has 20 heavy (non-hydrogen) atoms. The maximum absolute atomic E-state index is 11.4. The summed E-state index contributed by atoms with van der Waals surface area (Å²) in [6, 6.07) is 0. The number of hydrogen-bond acceptors (Lipinski definition) is 8. The highest BCUT2D eigenvalue weighted by Gasteiger charge is 2.46. The van der Waals surface area contributed by atoms with Crippen LogP contribution in [0.3, 0.4) is 0 Å². The molecule has 1 rings (SSSR count). The summed E-state index contributed by atoms with van der Waals surface area (Å²) in [6.07, 6.45) is -0.424. The lowest BCUT2D eigenvalue weighted by Crippen LogP contribution is -2.49. The zero-order valence-electron chi connectivity index (χ0n) is 12.1. The van der Waals surface area contributed by atoms with Crippen LogP contribution in [0.15, 0.2) is 0 Å². The van der Waals surface area contributed by atoms with E-state index < -0.39 is 23.5 Å². The first kappa shape index (κ1) is 16.8. The molecule has 0 aromatic rings. The van der Waals surface area contributed by atoms with Crippen molar-refractivity contribution in [2.45, 2.75) is 52.1 Å². The molecule has 0 N–H and O–H groups in total.